The summed E-state index contributed by atoms with van der Waals surface area (Å²) >= 11 is 0. The van der Waals surface area contributed by atoms with Crippen LogP contribution in [0.4, 0.5) is 0 Å². The number of rotatable bonds is 5. The molecule has 2 N–H and O–H groups in total. The molecule has 2 rings (SSSR count). The Hall–Kier alpha value is -0.0800. The van der Waals surface area contributed by atoms with E-state index in [9.17, 15) is 10.2 Å². The second-order valence-electron chi connectivity index (χ2n) is 7.28. The molecule has 2 unspecified atom stereocenters. The summed E-state index contributed by atoms with van der Waals surface area (Å²) in [5.41, 5.74) is 0. The van der Waals surface area contributed by atoms with Crippen LogP contribution in [-0.4, -0.2) is 22.4 Å². The highest BCUT2D eigenvalue weighted by molar-refractivity contribution is 4.86. The Morgan fingerprint density at radius 2 is 0.950 bits per heavy atom. The third kappa shape index (κ3) is 3.98. The monoisotopic (exact) mass is 282 g/mol. The third-order valence-electron chi connectivity index (χ3n) is 6.19. The summed E-state index contributed by atoms with van der Waals surface area (Å²) in [6, 6.07) is 0. The first-order chi connectivity index (χ1) is 9.65. The Kier molecular flexibility index (Phi) is 6.35. The molecular weight excluding hydrogens is 248 g/mol. The largest absolute Gasteiger partial charge is 0.393 e. The maximum Gasteiger partial charge on any atom is 0.0540 e. The fourth-order valence-corrected chi connectivity index (χ4v) is 5.03. The first-order valence-corrected chi connectivity index (χ1v) is 9.01. The van der Waals surface area contributed by atoms with Gasteiger partial charge in [-0.2, -0.15) is 0 Å². The van der Waals surface area contributed by atoms with Crippen LogP contribution < -0.4 is 0 Å². The van der Waals surface area contributed by atoms with E-state index >= 15 is 0 Å². The molecule has 0 aromatic rings. The lowest BCUT2D eigenvalue weighted by Crippen LogP contribution is -2.34. The highest BCUT2D eigenvalue weighted by Crippen LogP contribution is 2.43. The van der Waals surface area contributed by atoms with Gasteiger partial charge in [0.2, 0.25) is 0 Å². The van der Waals surface area contributed by atoms with Crippen molar-refractivity contribution in [3.63, 3.8) is 0 Å². The molecule has 20 heavy (non-hydrogen) atoms. The molecule has 2 fully saturated rings. The van der Waals surface area contributed by atoms with Crippen LogP contribution in [0.1, 0.15) is 78.1 Å². The number of hydrogen-bond donors (Lipinski definition) is 2. The molecule has 0 bridgehead atoms. The molecule has 0 aromatic carbocycles. The fraction of sp³-hybridized carbons (Fsp3) is 1.00. The number of aliphatic hydroxyl groups excluding tert-OH is 2. The van der Waals surface area contributed by atoms with Crippen LogP contribution in [0.3, 0.4) is 0 Å². The van der Waals surface area contributed by atoms with Gasteiger partial charge in [0.25, 0.3) is 0 Å². The molecular formula is C18H34O2. The topological polar surface area (TPSA) is 40.5 Å². The van der Waals surface area contributed by atoms with Crippen molar-refractivity contribution in [3.8, 4) is 0 Å². The van der Waals surface area contributed by atoms with Gasteiger partial charge in [-0.25, -0.2) is 0 Å². The van der Waals surface area contributed by atoms with Gasteiger partial charge in [0.15, 0.2) is 0 Å². The summed E-state index contributed by atoms with van der Waals surface area (Å²) < 4.78 is 0. The molecule has 2 atom stereocenters. The van der Waals surface area contributed by atoms with Gasteiger partial charge < -0.3 is 10.2 Å². The lowest BCUT2D eigenvalue weighted by Gasteiger charge is -2.41. The van der Waals surface area contributed by atoms with Crippen molar-refractivity contribution in [1.29, 1.82) is 0 Å². The van der Waals surface area contributed by atoms with Gasteiger partial charge in [-0.1, -0.05) is 26.7 Å². The molecule has 2 heteroatoms. The standard InChI is InChI=1S/C18H34O2/c1-3-17(13-5-9-15(19)10-6-13)18(4-2)14-7-11-16(20)12-8-14/h13-20H,3-12H2,1-2H3. The highest BCUT2D eigenvalue weighted by Gasteiger charge is 2.35. The summed E-state index contributed by atoms with van der Waals surface area (Å²) in [6.07, 6.45) is 11.5. The van der Waals surface area contributed by atoms with Crippen LogP contribution in [-0.2, 0) is 0 Å². The SMILES string of the molecule is CCC(C1CCC(O)CC1)C(CC)C1CCC(O)CC1. The van der Waals surface area contributed by atoms with Crippen molar-refractivity contribution >= 4 is 0 Å². The second-order valence-corrected chi connectivity index (χ2v) is 7.28. The molecule has 0 amide bonds. The maximum absolute atomic E-state index is 9.73. The Morgan fingerprint density at radius 1 is 0.650 bits per heavy atom. The van der Waals surface area contributed by atoms with Crippen molar-refractivity contribution in [2.45, 2.75) is 90.3 Å². The van der Waals surface area contributed by atoms with Crippen LogP contribution in [0.5, 0.6) is 0 Å². The van der Waals surface area contributed by atoms with Crippen LogP contribution in [0.2, 0.25) is 0 Å². The summed E-state index contributed by atoms with van der Waals surface area (Å²) in [7, 11) is 0. The fourth-order valence-electron chi connectivity index (χ4n) is 5.03. The molecule has 0 aliphatic heterocycles. The van der Waals surface area contributed by atoms with E-state index in [0.29, 0.717) is 0 Å². The summed E-state index contributed by atoms with van der Waals surface area (Å²) in [6.45, 7) is 4.71. The zero-order valence-electron chi connectivity index (χ0n) is 13.4. The molecule has 0 aromatic heterocycles. The van der Waals surface area contributed by atoms with Gasteiger partial charge in [-0.05, 0) is 75.0 Å². The van der Waals surface area contributed by atoms with Gasteiger partial charge in [0.1, 0.15) is 0 Å². The lowest BCUT2D eigenvalue weighted by atomic mass is 9.65. The van der Waals surface area contributed by atoms with E-state index in [1.807, 2.05) is 0 Å². The van der Waals surface area contributed by atoms with Gasteiger partial charge in [0, 0.05) is 0 Å². The number of hydrogen-bond acceptors (Lipinski definition) is 2. The molecule has 0 radical (unpaired) electrons. The van der Waals surface area contributed by atoms with Crippen LogP contribution in [0.25, 0.3) is 0 Å². The third-order valence-corrected chi connectivity index (χ3v) is 6.19. The molecule has 2 nitrogen and oxygen atoms in total. The maximum atomic E-state index is 9.73. The van der Waals surface area contributed by atoms with Gasteiger partial charge in [0.05, 0.1) is 12.2 Å². The predicted molar refractivity (Wildman–Crippen MR) is 83.5 cm³/mol. The first kappa shape index (κ1) is 16.3. The van der Waals surface area contributed by atoms with Gasteiger partial charge >= 0.3 is 0 Å². The first-order valence-electron chi connectivity index (χ1n) is 9.01. The van der Waals surface area contributed by atoms with Crippen molar-refractivity contribution < 1.29 is 10.2 Å². The quantitative estimate of drug-likeness (QED) is 0.795. The van der Waals surface area contributed by atoms with Gasteiger partial charge in [-0.15, -0.1) is 0 Å². The smallest absolute Gasteiger partial charge is 0.0540 e. The molecule has 0 heterocycles. The van der Waals surface area contributed by atoms with E-state index in [2.05, 4.69) is 13.8 Å². The van der Waals surface area contributed by atoms with Crippen LogP contribution in [0, 0.1) is 23.7 Å². The summed E-state index contributed by atoms with van der Waals surface area (Å²) in [5.74, 6) is 3.35. The Morgan fingerprint density at radius 3 is 1.20 bits per heavy atom. The van der Waals surface area contributed by atoms with Crippen LogP contribution in [0.15, 0.2) is 0 Å². The minimum Gasteiger partial charge on any atom is -0.393 e. The average Bonchev–Trinajstić information content (AvgIpc) is 2.47. The lowest BCUT2D eigenvalue weighted by molar-refractivity contribution is 0.0356. The summed E-state index contributed by atoms with van der Waals surface area (Å²) in [5, 5.41) is 19.5. The minimum absolute atomic E-state index is 0.0336. The van der Waals surface area contributed by atoms with Crippen molar-refractivity contribution in [1.82, 2.24) is 0 Å². The van der Waals surface area contributed by atoms with Crippen LogP contribution >= 0.6 is 0 Å². The molecule has 0 saturated heterocycles. The Labute approximate surface area is 125 Å². The van der Waals surface area contributed by atoms with E-state index in [1.54, 1.807) is 0 Å². The van der Waals surface area contributed by atoms with Crippen molar-refractivity contribution in [3.05, 3.63) is 0 Å². The molecule has 0 spiro atoms. The Bertz CT molecular complexity index is 235. The highest BCUT2D eigenvalue weighted by atomic mass is 16.3. The van der Waals surface area contributed by atoms with E-state index < -0.39 is 0 Å². The second kappa shape index (κ2) is 7.79. The normalized spacial score (nSPS) is 38.4. The molecule has 2 saturated carbocycles. The van der Waals surface area contributed by atoms with Gasteiger partial charge in [-0.3, -0.25) is 0 Å². The van der Waals surface area contributed by atoms with E-state index in [0.717, 1.165) is 49.4 Å². The van der Waals surface area contributed by atoms with E-state index in [1.165, 1.54) is 38.5 Å². The average molecular weight is 282 g/mol. The molecule has 2 aliphatic rings. The van der Waals surface area contributed by atoms with Crippen molar-refractivity contribution in [2.75, 3.05) is 0 Å². The predicted octanol–water partition coefficient (Wildman–Crippen LogP) is 4.14. The number of aliphatic hydroxyl groups is 2. The molecule has 118 valence electrons. The zero-order chi connectivity index (χ0) is 14.5. The minimum atomic E-state index is -0.0336. The molecule has 2 aliphatic carbocycles. The zero-order valence-corrected chi connectivity index (χ0v) is 13.4. The Balaban J connectivity index is 1.96. The summed E-state index contributed by atoms with van der Waals surface area (Å²) in [4.78, 5) is 0. The van der Waals surface area contributed by atoms with E-state index in [-0.39, 0.29) is 12.2 Å². The van der Waals surface area contributed by atoms with Crippen molar-refractivity contribution in [2.24, 2.45) is 23.7 Å². The van der Waals surface area contributed by atoms with E-state index in [4.69, 9.17) is 0 Å².